The fraction of sp³-hybridized carbons (Fsp3) is 0.520. The van der Waals surface area contributed by atoms with Crippen molar-refractivity contribution < 1.29 is 26.4 Å². The Balaban J connectivity index is 1.31. The normalized spacial score (nSPS) is 20.4. The van der Waals surface area contributed by atoms with E-state index in [0.717, 1.165) is 38.1 Å². The maximum absolute atomic E-state index is 13.6. The van der Waals surface area contributed by atoms with Crippen molar-refractivity contribution in [2.24, 2.45) is 0 Å². The van der Waals surface area contributed by atoms with Gasteiger partial charge in [-0.3, -0.25) is 9.69 Å². The van der Waals surface area contributed by atoms with Gasteiger partial charge in [-0.15, -0.1) is 0 Å². The number of amides is 1. The number of anilines is 2. The molecule has 3 heterocycles. The number of halogens is 4. The predicted octanol–water partition coefficient (Wildman–Crippen LogP) is 2.63. The molecule has 15 heteroatoms. The minimum Gasteiger partial charge on any atom is -0.369 e. The number of nitriles is 1. The van der Waals surface area contributed by atoms with Gasteiger partial charge in [0.1, 0.15) is 24.0 Å². The number of carbonyl (C=O) groups is 1. The summed E-state index contributed by atoms with van der Waals surface area (Å²) in [5, 5.41) is 10.2. The first-order valence-corrected chi connectivity index (χ1v) is 14.8. The van der Waals surface area contributed by atoms with Crippen LogP contribution in [-0.2, 0) is 9.84 Å². The molecule has 1 amide bonds. The number of hydrogen-bond donors (Lipinski definition) is 1. The van der Waals surface area contributed by atoms with Crippen LogP contribution in [0.4, 0.5) is 24.7 Å². The minimum absolute atomic E-state index is 0.00933. The van der Waals surface area contributed by atoms with E-state index in [-0.39, 0.29) is 46.6 Å². The monoisotopic (exact) mass is 597 g/mol. The number of piperazine rings is 1. The van der Waals surface area contributed by atoms with Crippen LogP contribution in [0.1, 0.15) is 35.4 Å². The second-order valence-corrected chi connectivity index (χ2v) is 12.7. The largest absolute Gasteiger partial charge is 0.405 e. The molecule has 1 aromatic heterocycles. The zero-order chi connectivity index (χ0) is 28.7. The third-order valence-electron chi connectivity index (χ3n) is 7.41. The van der Waals surface area contributed by atoms with Crippen LogP contribution in [0.3, 0.4) is 0 Å². The lowest BCUT2D eigenvalue weighted by atomic mass is 10.2. The molecule has 1 atom stereocenters. The lowest BCUT2D eigenvalue weighted by Crippen LogP contribution is -2.47. The Morgan fingerprint density at radius 2 is 1.85 bits per heavy atom. The maximum atomic E-state index is 13.6. The Morgan fingerprint density at radius 1 is 1.12 bits per heavy atom. The summed E-state index contributed by atoms with van der Waals surface area (Å²) in [5.41, 5.74) is 0.567. The first-order chi connectivity index (χ1) is 19.0. The minimum atomic E-state index is -4.63. The van der Waals surface area contributed by atoms with Crippen LogP contribution < -0.4 is 15.1 Å². The molecule has 2 saturated heterocycles. The van der Waals surface area contributed by atoms with Crippen LogP contribution in [-0.4, -0.2) is 92.5 Å². The Kier molecular flexibility index (Phi) is 7.82. The number of carbonyl (C=O) groups excluding carboxylic acids is 1. The van der Waals surface area contributed by atoms with Crippen molar-refractivity contribution in [2.45, 2.75) is 41.6 Å². The standard InChI is InChI=1S/C25H27ClF3N7O3S/c26-20-11-17(35-9-7-34(8-10-35)16-1-2-16)3-4-21(20)40(38,39)18-5-6-36(14-18)23-19(13-31-22(12-30)33-23)24(37)32-15-25(27,28)29/h3-4,11,13,16,18H,1-2,5-10,14-15H2,(H,32,37). The number of benzene rings is 1. The summed E-state index contributed by atoms with van der Waals surface area (Å²) < 4.78 is 65.0. The molecule has 40 heavy (non-hydrogen) atoms. The molecular formula is C25H27ClF3N7O3S. The van der Waals surface area contributed by atoms with Crippen LogP contribution in [0.2, 0.25) is 5.02 Å². The Morgan fingerprint density at radius 3 is 2.48 bits per heavy atom. The number of nitrogens with one attached hydrogen (secondary N) is 1. The molecule has 0 radical (unpaired) electrons. The highest BCUT2D eigenvalue weighted by Gasteiger charge is 2.38. The van der Waals surface area contributed by atoms with Crippen LogP contribution in [0.15, 0.2) is 29.3 Å². The molecular weight excluding hydrogens is 571 g/mol. The fourth-order valence-corrected chi connectivity index (χ4v) is 7.40. The summed E-state index contributed by atoms with van der Waals surface area (Å²) in [7, 11) is -3.91. The molecule has 0 bridgehead atoms. The molecule has 3 fully saturated rings. The number of rotatable bonds is 7. The van der Waals surface area contributed by atoms with Gasteiger partial charge < -0.3 is 15.1 Å². The van der Waals surface area contributed by atoms with Crippen molar-refractivity contribution in [2.75, 3.05) is 55.6 Å². The molecule has 1 unspecified atom stereocenters. The lowest BCUT2D eigenvalue weighted by Gasteiger charge is -2.36. The Bertz CT molecular complexity index is 1440. The van der Waals surface area contributed by atoms with Crippen LogP contribution in [0, 0.1) is 11.3 Å². The Hall–Kier alpha value is -3.15. The van der Waals surface area contributed by atoms with Gasteiger partial charge in [0.25, 0.3) is 5.91 Å². The van der Waals surface area contributed by atoms with Gasteiger partial charge in [-0.1, -0.05) is 11.6 Å². The molecule has 2 aromatic rings. The number of aromatic nitrogens is 2. The van der Waals surface area contributed by atoms with Crippen molar-refractivity contribution in [3.8, 4) is 6.07 Å². The third kappa shape index (κ3) is 6.11. The van der Waals surface area contributed by atoms with Crippen LogP contribution >= 0.6 is 11.6 Å². The van der Waals surface area contributed by atoms with E-state index in [9.17, 15) is 31.6 Å². The highest BCUT2D eigenvalue weighted by molar-refractivity contribution is 7.92. The van der Waals surface area contributed by atoms with Gasteiger partial charge in [0.2, 0.25) is 5.82 Å². The van der Waals surface area contributed by atoms with Crippen molar-refractivity contribution in [1.29, 1.82) is 5.26 Å². The van der Waals surface area contributed by atoms with E-state index in [1.54, 1.807) is 23.5 Å². The van der Waals surface area contributed by atoms with Crippen LogP contribution in [0.5, 0.6) is 0 Å². The van der Waals surface area contributed by atoms with E-state index in [1.807, 2.05) is 0 Å². The van der Waals surface area contributed by atoms with Gasteiger partial charge in [-0.2, -0.15) is 18.4 Å². The first kappa shape index (κ1) is 28.4. The molecule has 1 aromatic carbocycles. The summed E-state index contributed by atoms with van der Waals surface area (Å²) >= 11 is 6.50. The fourth-order valence-electron chi connectivity index (χ4n) is 5.16. The molecule has 3 aliphatic rings. The zero-order valence-corrected chi connectivity index (χ0v) is 22.9. The summed E-state index contributed by atoms with van der Waals surface area (Å²) in [4.78, 5) is 26.3. The van der Waals surface area contributed by atoms with Gasteiger partial charge in [0.15, 0.2) is 9.84 Å². The van der Waals surface area contributed by atoms with E-state index < -0.39 is 33.7 Å². The third-order valence-corrected chi connectivity index (χ3v) is 10.1. The summed E-state index contributed by atoms with van der Waals surface area (Å²) in [5.74, 6) is -1.49. The number of sulfone groups is 1. The second-order valence-electron chi connectivity index (χ2n) is 10.1. The topological polar surface area (TPSA) is 123 Å². The summed E-state index contributed by atoms with van der Waals surface area (Å²) in [6.45, 7) is 2.06. The van der Waals surface area contributed by atoms with E-state index in [2.05, 4.69) is 19.8 Å². The Labute approximate surface area is 234 Å². The molecule has 1 aliphatic carbocycles. The van der Waals surface area contributed by atoms with Gasteiger partial charge in [0.05, 0.1) is 15.2 Å². The molecule has 10 nitrogen and oxygen atoms in total. The smallest absolute Gasteiger partial charge is 0.369 e. The van der Waals surface area contributed by atoms with Gasteiger partial charge >= 0.3 is 6.18 Å². The van der Waals surface area contributed by atoms with Gasteiger partial charge in [-0.25, -0.2) is 18.4 Å². The molecule has 0 spiro atoms. The van der Waals surface area contributed by atoms with Crippen molar-refractivity contribution >= 4 is 38.9 Å². The predicted molar refractivity (Wildman–Crippen MR) is 141 cm³/mol. The first-order valence-electron chi connectivity index (χ1n) is 12.9. The van der Waals surface area contributed by atoms with Crippen molar-refractivity contribution in [3.63, 3.8) is 0 Å². The van der Waals surface area contributed by atoms with Crippen molar-refractivity contribution in [3.05, 3.63) is 40.8 Å². The number of hydrogen-bond acceptors (Lipinski definition) is 9. The molecule has 1 saturated carbocycles. The zero-order valence-electron chi connectivity index (χ0n) is 21.4. The SMILES string of the molecule is N#Cc1ncc(C(=O)NCC(F)(F)F)c(N2CCC(S(=O)(=O)c3ccc(N4CCN(C5CC5)CC4)cc3Cl)C2)n1. The van der Waals surface area contributed by atoms with Crippen molar-refractivity contribution in [1.82, 2.24) is 20.2 Å². The average molecular weight is 598 g/mol. The quantitative estimate of drug-likeness (QED) is 0.513. The highest BCUT2D eigenvalue weighted by Crippen LogP contribution is 2.35. The maximum Gasteiger partial charge on any atom is 0.405 e. The number of alkyl halides is 3. The molecule has 1 N–H and O–H groups in total. The molecule has 214 valence electrons. The lowest BCUT2D eigenvalue weighted by molar-refractivity contribution is -0.123. The second kappa shape index (κ2) is 11.0. The summed E-state index contributed by atoms with van der Waals surface area (Å²) in [6.07, 6.45) is -0.996. The van der Waals surface area contributed by atoms with E-state index in [0.29, 0.717) is 6.04 Å². The van der Waals surface area contributed by atoms with E-state index in [4.69, 9.17) is 11.6 Å². The molecule has 2 aliphatic heterocycles. The highest BCUT2D eigenvalue weighted by atomic mass is 35.5. The van der Waals surface area contributed by atoms with Crippen LogP contribution in [0.25, 0.3) is 0 Å². The van der Waals surface area contributed by atoms with E-state index in [1.165, 1.54) is 23.8 Å². The van der Waals surface area contributed by atoms with Gasteiger partial charge in [-0.05, 0) is 37.5 Å². The van der Waals surface area contributed by atoms with E-state index >= 15 is 0 Å². The molecule has 5 rings (SSSR count). The average Bonchev–Trinajstić information content (AvgIpc) is 3.66. The number of nitrogens with zero attached hydrogens (tertiary/aromatic N) is 6. The van der Waals surface area contributed by atoms with Gasteiger partial charge in [0, 0.05) is 57.2 Å². The summed E-state index contributed by atoms with van der Waals surface area (Å²) in [6, 6.07) is 7.36.